The lowest BCUT2D eigenvalue weighted by molar-refractivity contribution is 0.660. The van der Waals surface area contributed by atoms with Crippen LogP contribution >= 0.6 is 22.6 Å². The van der Waals surface area contributed by atoms with Gasteiger partial charge in [0.1, 0.15) is 0 Å². The Morgan fingerprint density at radius 3 is 1.77 bits per heavy atom. The van der Waals surface area contributed by atoms with Crippen molar-refractivity contribution in [2.24, 2.45) is 4.99 Å². The summed E-state index contributed by atoms with van der Waals surface area (Å²) in [6.45, 7) is 11.3. The molecule has 7 rings (SSSR count). The maximum Gasteiger partial charge on any atom is 0.0844 e. The van der Waals surface area contributed by atoms with Gasteiger partial charge in [-0.05, 0) is 109 Å². The summed E-state index contributed by atoms with van der Waals surface area (Å²) < 4.78 is 1.02. The highest BCUT2D eigenvalue weighted by Gasteiger charge is 2.35. The number of benzene rings is 6. The van der Waals surface area contributed by atoms with Crippen LogP contribution in [0.2, 0.25) is 0 Å². The first kappa shape index (κ1) is 30.8. The minimum absolute atomic E-state index is 0.0266. The Bertz CT molecular complexity index is 2190. The lowest BCUT2D eigenvalue weighted by Gasteiger charge is -2.22. The Morgan fingerprint density at radius 2 is 1.06 bits per heavy atom. The molecule has 2 heteroatoms. The molecule has 228 valence electrons. The van der Waals surface area contributed by atoms with E-state index in [-0.39, 0.29) is 5.41 Å². The lowest BCUT2D eigenvalue weighted by atomic mass is 9.81. The van der Waals surface area contributed by atoms with E-state index in [1.54, 1.807) is 0 Å². The fourth-order valence-electron chi connectivity index (χ4n) is 6.67. The van der Waals surface area contributed by atoms with Gasteiger partial charge in [0, 0.05) is 20.3 Å². The van der Waals surface area contributed by atoms with E-state index in [0.29, 0.717) is 0 Å². The van der Waals surface area contributed by atoms with E-state index in [9.17, 15) is 0 Å². The maximum atomic E-state index is 5.17. The van der Waals surface area contributed by atoms with Gasteiger partial charge in [0.15, 0.2) is 0 Å². The van der Waals surface area contributed by atoms with Crippen LogP contribution in [-0.2, 0) is 5.41 Å². The quantitative estimate of drug-likeness (QED) is 0.0886. The number of allylic oxidation sites excluding steroid dienone is 2. The summed E-state index contributed by atoms with van der Waals surface area (Å²) in [7, 11) is 0. The van der Waals surface area contributed by atoms with Crippen molar-refractivity contribution >= 4 is 39.6 Å². The normalized spacial score (nSPS) is 13.8. The summed E-state index contributed by atoms with van der Waals surface area (Å²) in [4.78, 5) is 5.17. The third-order valence-electron chi connectivity index (χ3n) is 9.31. The van der Waals surface area contributed by atoms with Gasteiger partial charge < -0.3 is 0 Å². The van der Waals surface area contributed by atoms with Gasteiger partial charge >= 0.3 is 0 Å². The molecule has 1 aliphatic carbocycles. The molecule has 0 unspecified atom stereocenters. The molecule has 6 aromatic carbocycles. The van der Waals surface area contributed by atoms with E-state index in [1.807, 2.05) is 12.1 Å². The Hall–Kier alpha value is -4.80. The minimum atomic E-state index is -0.0266. The van der Waals surface area contributed by atoms with Crippen molar-refractivity contribution in [3.63, 3.8) is 0 Å². The molecule has 0 bridgehead atoms. The molecule has 0 radical (unpaired) electrons. The highest BCUT2D eigenvalue weighted by molar-refractivity contribution is 14.1. The molecule has 0 saturated carbocycles. The summed E-state index contributed by atoms with van der Waals surface area (Å²) in [5, 5.41) is 0. The fourth-order valence-corrected chi connectivity index (χ4v) is 7.41. The summed E-state index contributed by atoms with van der Waals surface area (Å²) in [5.41, 5.74) is 16.4. The Labute approximate surface area is 292 Å². The molecule has 6 aromatic rings. The first-order valence-corrected chi connectivity index (χ1v) is 17.1. The average Bonchev–Trinajstić information content (AvgIpc) is 3.36. The molecule has 0 amide bonds. The van der Waals surface area contributed by atoms with Gasteiger partial charge in [0.2, 0.25) is 0 Å². The Balaban J connectivity index is 1.23. The number of rotatable bonds is 7. The van der Waals surface area contributed by atoms with E-state index < -0.39 is 0 Å². The van der Waals surface area contributed by atoms with Crippen LogP contribution in [0.1, 0.15) is 48.6 Å². The molecule has 1 aliphatic rings. The van der Waals surface area contributed by atoms with Crippen LogP contribution in [0.5, 0.6) is 0 Å². The first-order chi connectivity index (χ1) is 22.8. The second-order valence-corrected chi connectivity index (χ2v) is 13.7. The lowest BCUT2D eigenvalue weighted by Crippen LogP contribution is -2.14. The van der Waals surface area contributed by atoms with Crippen LogP contribution < -0.4 is 0 Å². The van der Waals surface area contributed by atoms with E-state index in [4.69, 9.17) is 4.99 Å². The van der Waals surface area contributed by atoms with Crippen LogP contribution in [0.4, 0.5) is 0 Å². The molecular weight excluding hydrogens is 681 g/mol. The van der Waals surface area contributed by atoms with Crippen LogP contribution in [0.3, 0.4) is 0 Å². The molecule has 47 heavy (non-hydrogen) atoms. The van der Waals surface area contributed by atoms with Crippen molar-refractivity contribution in [3.05, 3.63) is 190 Å². The standard InChI is InChI=1S/C45H36IN/c1-30(43(46)44(33-17-9-6-10-18-33)47-31(2)32-15-7-5-8-16-32)34-19-13-20-35(27-34)36-21-14-22-37(28-36)38-25-26-40-39-23-11-12-24-41(39)45(3,4)42(40)29-38/h5-29H,1H2,2-4H3/b44-43+,47-31?. The number of aliphatic imine (C=N–C) groups is 1. The molecule has 0 aromatic heterocycles. The predicted molar refractivity (Wildman–Crippen MR) is 210 cm³/mol. The molecule has 0 spiro atoms. The van der Waals surface area contributed by atoms with Crippen molar-refractivity contribution in [1.82, 2.24) is 0 Å². The fraction of sp³-hybridized carbons (Fsp3) is 0.0889. The Morgan fingerprint density at radius 1 is 0.532 bits per heavy atom. The van der Waals surface area contributed by atoms with Gasteiger partial charge in [-0.1, -0.05) is 154 Å². The van der Waals surface area contributed by atoms with E-state index >= 15 is 0 Å². The molecule has 0 fully saturated rings. The molecule has 0 saturated heterocycles. The van der Waals surface area contributed by atoms with Crippen molar-refractivity contribution in [1.29, 1.82) is 0 Å². The highest BCUT2D eigenvalue weighted by Crippen LogP contribution is 2.49. The zero-order valence-electron chi connectivity index (χ0n) is 27.0. The number of hydrogen-bond acceptors (Lipinski definition) is 1. The van der Waals surface area contributed by atoms with Gasteiger partial charge in [0.05, 0.1) is 5.70 Å². The second-order valence-electron chi connectivity index (χ2n) is 12.7. The van der Waals surface area contributed by atoms with Crippen LogP contribution in [0, 0.1) is 0 Å². The van der Waals surface area contributed by atoms with Crippen LogP contribution in [-0.4, -0.2) is 5.71 Å². The molecule has 0 atom stereocenters. The monoisotopic (exact) mass is 717 g/mol. The molecular formula is C45H36IN. The summed E-state index contributed by atoms with van der Waals surface area (Å²) in [6, 6.07) is 54.1. The smallest absolute Gasteiger partial charge is 0.0844 e. The maximum absolute atomic E-state index is 5.17. The van der Waals surface area contributed by atoms with Crippen molar-refractivity contribution in [2.45, 2.75) is 26.2 Å². The van der Waals surface area contributed by atoms with Crippen molar-refractivity contribution in [3.8, 4) is 33.4 Å². The Kier molecular flexibility index (Phi) is 8.38. The number of halogens is 1. The van der Waals surface area contributed by atoms with Gasteiger partial charge in [0.25, 0.3) is 0 Å². The van der Waals surface area contributed by atoms with Gasteiger partial charge in [-0.2, -0.15) is 0 Å². The van der Waals surface area contributed by atoms with E-state index in [0.717, 1.165) is 42.8 Å². The third-order valence-corrected chi connectivity index (χ3v) is 10.5. The molecule has 0 aliphatic heterocycles. The molecule has 0 N–H and O–H groups in total. The van der Waals surface area contributed by atoms with Crippen molar-refractivity contribution < 1.29 is 0 Å². The number of fused-ring (bicyclic) bond motifs is 3. The average molecular weight is 718 g/mol. The first-order valence-electron chi connectivity index (χ1n) is 16.0. The minimum Gasteiger partial charge on any atom is -0.251 e. The predicted octanol–water partition coefficient (Wildman–Crippen LogP) is 12.7. The van der Waals surface area contributed by atoms with Gasteiger partial charge in [-0.25, -0.2) is 0 Å². The number of hydrogen-bond donors (Lipinski definition) is 0. The topological polar surface area (TPSA) is 12.4 Å². The van der Waals surface area contributed by atoms with Crippen LogP contribution in [0.25, 0.3) is 44.7 Å². The van der Waals surface area contributed by atoms with E-state index in [2.05, 4.69) is 189 Å². The second kappa shape index (κ2) is 12.8. The third kappa shape index (κ3) is 5.94. The van der Waals surface area contributed by atoms with Gasteiger partial charge in [-0.3, -0.25) is 4.99 Å². The summed E-state index contributed by atoms with van der Waals surface area (Å²) >= 11 is 2.42. The van der Waals surface area contributed by atoms with Crippen LogP contribution in [0.15, 0.2) is 167 Å². The summed E-state index contributed by atoms with van der Waals surface area (Å²) in [6.07, 6.45) is 0. The SMILES string of the molecule is C=C(/C(I)=C(\N=C(C)c1ccccc1)c1ccccc1)c1cccc(-c2cccc(-c3ccc4c(c3)C(C)(C)c3ccccc3-4)c2)c1. The number of nitrogens with zero attached hydrogens (tertiary/aromatic N) is 1. The molecule has 1 nitrogen and oxygen atoms in total. The van der Waals surface area contributed by atoms with E-state index in [1.165, 1.54) is 38.9 Å². The zero-order valence-corrected chi connectivity index (χ0v) is 29.1. The van der Waals surface area contributed by atoms with Crippen molar-refractivity contribution in [2.75, 3.05) is 0 Å². The zero-order chi connectivity index (χ0) is 32.5. The van der Waals surface area contributed by atoms with Gasteiger partial charge in [-0.15, -0.1) is 0 Å². The highest BCUT2D eigenvalue weighted by atomic mass is 127. The molecule has 0 heterocycles. The largest absolute Gasteiger partial charge is 0.251 e. The summed E-state index contributed by atoms with van der Waals surface area (Å²) in [5.74, 6) is 0.